The van der Waals surface area contributed by atoms with E-state index in [0.29, 0.717) is 33.1 Å². The van der Waals surface area contributed by atoms with E-state index in [-0.39, 0.29) is 0 Å². The maximum Gasteiger partial charge on any atom is 0.147 e. The molecule has 0 bridgehead atoms. The molecule has 21 heavy (non-hydrogen) atoms. The van der Waals surface area contributed by atoms with Gasteiger partial charge >= 0.3 is 0 Å². The van der Waals surface area contributed by atoms with Crippen molar-refractivity contribution >= 4 is 34.8 Å². The van der Waals surface area contributed by atoms with Crippen LogP contribution in [0.4, 0.5) is 0 Å². The summed E-state index contributed by atoms with van der Waals surface area (Å²) < 4.78 is 5.89. The molecule has 0 heterocycles. The van der Waals surface area contributed by atoms with Crippen molar-refractivity contribution in [1.29, 1.82) is 0 Å². The van der Waals surface area contributed by atoms with Crippen LogP contribution in [0, 0.1) is 0 Å². The SMILES string of the molecule is CCCNCc1c(Cl)cccc1Oc1cccc(Cl)c1Cl. The molecule has 1 N–H and O–H groups in total. The van der Waals surface area contributed by atoms with Gasteiger partial charge in [0.1, 0.15) is 16.5 Å². The first kappa shape index (κ1) is 16.4. The molecule has 0 amide bonds. The van der Waals surface area contributed by atoms with Crippen LogP contribution in [0.3, 0.4) is 0 Å². The highest BCUT2D eigenvalue weighted by Gasteiger charge is 2.12. The fraction of sp³-hybridized carbons (Fsp3) is 0.250. The van der Waals surface area contributed by atoms with Gasteiger partial charge in [-0.15, -0.1) is 0 Å². The topological polar surface area (TPSA) is 21.3 Å². The van der Waals surface area contributed by atoms with E-state index in [1.165, 1.54) is 0 Å². The lowest BCUT2D eigenvalue weighted by Gasteiger charge is -2.14. The Kier molecular flexibility index (Phi) is 6.19. The third-order valence-electron chi connectivity index (χ3n) is 2.94. The van der Waals surface area contributed by atoms with Crippen molar-refractivity contribution in [2.45, 2.75) is 19.9 Å². The highest BCUT2D eigenvalue weighted by atomic mass is 35.5. The number of rotatable bonds is 6. The van der Waals surface area contributed by atoms with Gasteiger partial charge in [0.05, 0.1) is 5.02 Å². The monoisotopic (exact) mass is 343 g/mol. The van der Waals surface area contributed by atoms with Crippen molar-refractivity contribution in [1.82, 2.24) is 5.32 Å². The number of halogens is 3. The van der Waals surface area contributed by atoms with E-state index in [1.54, 1.807) is 18.2 Å². The molecule has 0 fully saturated rings. The number of nitrogens with one attached hydrogen (secondary N) is 1. The van der Waals surface area contributed by atoms with Crippen LogP contribution in [0.25, 0.3) is 0 Å². The second kappa shape index (κ2) is 7.90. The summed E-state index contributed by atoms with van der Waals surface area (Å²) in [5.74, 6) is 1.19. The Morgan fingerprint density at radius 1 is 0.952 bits per heavy atom. The molecule has 2 aromatic rings. The van der Waals surface area contributed by atoms with Gasteiger partial charge in [-0.05, 0) is 37.2 Å². The van der Waals surface area contributed by atoms with Crippen LogP contribution < -0.4 is 10.1 Å². The van der Waals surface area contributed by atoms with E-state index in [9.17, 15) is 0 Å². The zero-order chi connectivity index (χ0) is 15.2. The highest BCUT2D eigenvalue weighted by Crippen LogP contribution is 2.37. The lowest BCUT2D eigenvalue weighted by Crippen LogP contribution is -2.14. The third kappa shape index (κ3) is 4.27. The van der Waals surface area contributed by atoms with E-state index in [2.05, 4.69) is 12.2 Å². The molecule has 0 spiro atoms. The second-order valence-corrected chi connectivity index (χ2v) is 5.74. The Balaban J connectivity index is 2.27. The van der Waals surface area contributed by atoms with Gasteiger partial charge in [-0.25, -0.2) is 0 Å². The zero-order valence-electron chi connectivity index (χ0n) is 11.6. The third-order valence-corrected chi connectivity index (χ3v) is 4.10. The molecular formula is C16H16Cl3NO. The van der Waals surface area contributed by atoms with Crippen LogP contribution in [0.15, 0.2) is 36.4 Å². The quantitative estimate of drug-likeness (QED) is 0.655. The molecule has 0 saturated heterocycles. The highest BCUT2D eigenvalue weighted by molar-refractivity contribution is 6.42. The predicted molar refractivity (Wildman–Crippen MR) is 90.0 cm³/mol. The molecule has 0 radical (unpaired) electrons. The van der Waals surface area contributed by atoms with Crippen molar-refractivity contribution in [2.75, 3.05) is 6.54 Å². The minimum absolute atomic E-state index is 0.395. The van der Waals surface area contributed by atoms with Crippen molar-refractivity contribution < 1.29 is 4.74 Å². The van der Waals surface area contributed by atoms with Crippen LogP contribution in [-0.4, -0.2) is 6.54 Å². The van der Waals surface area contributed by atoms with Crippen molar-refractivity contribution in [3.05, 3.63) is 57.0 Å². The summed E-state index contributed by atoms with van der Waals surface area (Å²) in [5, 5.41) is 4.84. The van der Waals surface area contributed by atoms with Crippen LogP contribution in [0.1, 0.15) is 18.9 Å². The lowest BCUT2D eigenvalue weighted by atomic mass is 10.2. The number of ether oxygens (including phenoxy) is 1. The average molecular weight is 345 g/mol. The minimum atomic E-state index is 0.395. The Morgan fingerprint density at radius 3 is 2.33 bits per heavy atom. The summed E-state index contributed by atoms with van der Waals surface area (Å²) in [6.45, 7) is 3.67. The molecule has 0 aliphatic rings. The van der Waals surface area contributed by atoms with Crippen molar-refractivity contribution in [2.24, 2.45) is 0 Å². The average Bonchev–Trinajstić information content (AvgIpc) is 2.47. The minimum Gasteiger partial charge on any atom is -0.455 e. The van der Waals surface area contributed by atoms with Gasteiger partial charge in [0.15, 0.2) is 0 Å². The first-order valence-corrected chi connectivity index (χ1v) is 7.86. The molecule has 0 saturated carbocycles. The predicted octanol–water partition coefficient (Wildman–Crippen LogP) is 5.94. The Labute approximate surface area is 140 Å². The van der Waals surface area contributed by atoms with Gasteiger partial charge in [0.2, 0.25) is 0 Å². The van der Waals surface area contributed by atoms with Crippen LogP contribution in [-0.2, 0) is 6.54 Å². The summed E-state index contributed by atoms with van der Waals surface area (Å²) in [6.07, 6.45) is 1.06. The van der Waals surface area contributed by atoms with Crippen molar-refractivity contribution in [3.8, 4) is 11.5 Å². The number of hydrogen-bond donors (Lipinski definition) is 1. The normalized spacial score (nSPS) is 10.7. The maximum atomic E-state index is 6.27. The van der Waals surface area contributed by atoms with Crippen LogP contribution >= 0.6 is 34.8 Å². The molecule has 0 aliphatic heterocycles. The van der Waals surface area contributed by atoms with Crippen LogP contribution in [0.5, 0.6) is 11.5 Å². The molecule has 5 heteroatoms. The van der Waals surface area contributed by atoms with Gasteiger partial charge in [-0.1, -0.05) is 53.9 Å². The number of hydrogen-bond acceptors (Lipinski definition) is 2. The summed E-state index contributed by atoms with van der Waals surface area (Å²) in [4.78, 5) is 0. The molecule has 2 nitrogen and oxygen atoms in total. The van der Waals surface area contributed by atoms with E-state index >= 15 is 0 Å². The maximum absolute atomic E-state index is 6.27. The molecular weight excluding hydrogens is 329 g/mol. The smallest absolute Gasteiger partial charge is 0.147 e. The van der Waals surface area contributed by atoms with E-state index in [4.69, 9.17) is 39.5 Å². The van der Waals surface area contributed by atoms with E-state index in [0.717, 1.165) is 18.5 Å². The summed E-state index contributed by atoms with van der Waals surface area (Å²) >= 11 is 18.4. The first-order valence-electron chi connectivity index (χ1n) is 6.73. The van der Waals surface area contributed by atoms with Crippen molar-refractivity contribution in [3.63, 3.8) is 0 Å². The van der Waals surface area contributed by atoms with Gasteiger partial charge in [0, 0.05) is 17.1 Å². The largest absolute Gasteiger partial charge is 0.455 e. The van der Waals surface area contributed by atoms with E-state index < -0.39 is 0 Å². The van der Waals surface area contributed by atoms with E-state index in [1.807, 2.05) is 18.2 Å². The molecule has 2 rings (SSSR count). The second-order valence-electron chi connectivity index (χ2n) is 4.55. The Morgan fingerprint density at radius 2 is 1.62 bits per heavy atom. The lowest BCUT2D eigenvalue weighted by molar-refractivity contribution is 0.473. The number of benzene rings is 2. The molecule has 2 aromatic carbocycles. The standard InChI is InChI=1S/C16H16Cl3NO/c1-2-9-20-10-11-12(17)5-3-7-14(11)21-15-8-4-6-13(18)16(15)19/h3-8,20H,2,9-10H2,1H3. The van der Waals surface area contributed by atoms with Gasteiger partial charge < -0.3 is 10.1 Å². The van der Waals surface area contributed by atoms with Gasteiger partial charge in [-0.3, -0.25) is 0 Å². The Hall–Kier alpha value is -0.930. The zero-order valence-corrected chi connectivity index (χ0v) is 13.9. The molecule has 112 valence electrons. The Bertz CT molecular complexity index is 616. The summed E-state index contributed by atoms with van der Waals surface area (Å²) in [7, 11) is 0. The fourth-order valence-corrected chi connectivity index (χ4v) is 2.44. The molecule has 0 aliphatic carbocycles. The summed E-state index contributed by atoms with van der Waals surface area (Å²) in [5.41, 5.74) is 0.906. The van der Waals surface area contributed by atoms with Gasteiger partial charge in [0.25, 0.3) is 0 Å². The summed E-state index contributed by atoms with van der Waals surface area (Å²) in [6, 6.07) is 10.8. The molecule has 0 unspecified atom stereocenters. The van der Waals surface area contributed by atoms with Crippen LogP contribution in [0.2, 0.25) is 15.1 Å². The molecule has 0 aromatic heterocycles. The first-order chi connectivity index (χ1) is 10.1. The molecule has 0 atom stereocenters. The fourth-order valence-electron chi connectivity index (χ4n) is 1.88. The van der Waals surface area contributed by atoms with Gasteiger partial charge in [-0.2, -0.15) is 0 Å².